The van der Waals surface area contributed by atoms with Gasteiger partial charge >= 0.3 is 7.25 Å². The molecule has 0 amide bonds. The fraction of sp³-hybridized carbons (Fsp3) is 0.577. The van der Waals surface area contributed by atoms with Crippen LogP contribution in [0.5, 0.6) is 0 Å². The summed E-state index contributed by atoms with van der Waals surface area (Å²) >= 11 is 0. The van der Waals surface area contributed by atoms with Gasteiger partial charge in [-0.05, 0) is 30.9 Å². The molecule has 1 aromatic heterocycles. The van der Waals surface area contributed by atoms with E-state index in [4.69, 9.17) is 0 Å². The number of hydrogen-bond donors (Lipinski definition) is 0. The molecule has 0 radical (unpaired) electrons. The molecule has 180 valence electrons. The van der Waals surface area contributed by atoms with Gasteiger partial charge in [0.05, 0.1) is 0 Å². The van der Waals surface area contributed by atoms with Crippen molar-refractivity contribution in [2.75, 3.05) is 0 Å². The minimum Gasteiger partial charge on any atom is -0.418 e. The molecule has 0 fully saturated rings. The first-order valence-electron chi connectivity index (χ1n) is 12.1. The molecule has 0 unspecified atom stereocenters. The number of benzene rings is 1. The molecule has 2 rings (SSSR count). The Kier molecular flexibility index (Phi) is 13.3. The Hall–Kier alpha value is -1.85. The third-order valence-corrected chi connectivity index (χ3v) is 5.59. The molecule has 0 aliphatic heterocycles. The first kappa shape index (κ1) is 28.2. The predicted octanol–water partition coefficient (Wildman–Crippen LogP) is 8.65. The highest BCUT2D eigenvalue weighted by Gasteiger charge is 2.20. The van der Waals surface area contributed by atoms with Gasteiger partial charge in [-0.3, -0.25) is 0 Å². The third kappa shape index (κ3) is 12.9. The highest BCUT2D eigenvalue weighted by atomic mass is 19.5. The zero-order valence-electron chi connectivity index (χ0n) is 20.3. The lowest BCUT2D eigenvalue weighted by Gasteiger charge is -2.06. The number of rotatable bonds is 12. The van der Waals surface area contributed by atoms with Crippen LogP contribution in [0.1, 0.15) is 93.6 Å². The third-order valence-electron chi connectivity index (χ3n) is 5.59. The van der Waals surface area contributed by atoms with E-state index in [9.17, 15) is 17.3 Å². The molecule has 0 atom stereocenters. The summed E-state index contributed by atoms with van der Waals surface area (Å²) in [6, 6.07) is 13.7. The van der Waals surface area contributed by atoms with Gasteiger partial charge in [0.2, 0.25) is 5.69 Å². The maximum absolute atomic E-state index is 9.75. The molecule has 1 aromatic carbocycles. The topological polar surface area (TPSA) is 3.88 Å². The van der Waals surface area contributed by atoms with Crippen LogP contribution in [-0.2, 0) is 6.42 Å². The molecule has 0 spiro atoms. The molecule has 0 N–H and O–H groups in total. The average molecular weight is 453 g/mol. The predicted molar refractivity (Wildman–Crippen MR) is 128 cm³/mol. The Balaban J connectivity index is 0.000000920. The summed E-state index contributed by atoms with van der Waals surface area (Å²) in [5.41, 5.74) is 6.68. The highest BCUT2D eigenvalue weighted by molar-refractivity contribution is 6.50. The first-order valence-corrected chi connectivity index (χ1v) is 12.1. The summed E-state index contributed by atoms with van der Waals surface area (Å²) in [6.07, 6.45) is 15.3. The van der Waals surface area contributed by atoms with Crippen LogP contribution in [0.15, 0.2) is 36.4 Å². The largest absolute Gasteiger partial charge is 0.673 e. The second-order valence-electron chi connectivity index (χ2n) is 8.74. The van der Waals surface area contributed by atoms with E-state index < -0.39 is 7.25 Å². The smallest absolute Gasteiger partial charge is 0.418 e. The van der Waals surface area contributed by atoms with Crippen molar-refractivity contribution in [3.05, 3.63) is 58.9 Å². The fourth-order valence-corrected chi connectivity index (χ4v) is 4.14. The summed E-state index contributed by atoms with van der Waals surface area (Å²) in [4.78, 5) is 0. The molecule has 0 aliphatic carbocycles. The van der Waals surface area contributed by atoms with Crippen molar-refractivity contribution in [2.24, 2.45) is 0 Å². The number of nitrogens with zero attached hydrogens (tertiary/aromatic N) is 1. The number of aryl methyl sites for hydroxylation is 4. The quantitative estimate of drug-likeness (QED) is 0.131. The Labute approximate surface area is 192 Å². The molecule has 1 heterocycles. The van der Waals surface area contributed by atoms with Crippen molar-refractivity contribution in [3.63, 3.8) is 0 Å². The zero-order chi connectivity index (χ0) is 24.0. The molecular formula is C26H40BF4N. The SMILES string of the molecule is CCCCCCCCCCCCc1ccc(-[n+]2c(C)cc(C)cc2C)cc1.F[B-](F)(F)F. The summed E-state index contributed by atoms with van der Waals surface area (Å²) in [5, 5.41) is 0. The van der Waals surface area contributed by atoms with Crippen molar-refractivity contribution in [1.82, 2.24) is 0 Å². The second-order valence-corrected chi connectivity index (χ2v) is 8.74. The highest BCUT2D eigenvalue weighted by Crippen LogP contribution is 2.14. The molecular weight excluding hydrogens is 413 g/mol. The molecule has 0 saturated carbocycles. The van der Waals surface area contributed by atoms with Gasteiger partial charge in [-0.25, -0.2) is 0 Å². The lowest BCUT2D eigenvalue weighted by atomic mass is 10.0. The summed E-state index contributed by atoms with van der Waals surface area (Å²) in [5.74, 6) is 0. The van der Waals surface area contributed by atoms with Gasteiger partial charge in [0.15, 0.2) is 11.4 Å². The van der Waals surface area contributed by atoms with Crippen LogP contribution in [0.2, 0.25) is 0 Å². The van der Waals surface area contributed by atoms with Gasteiger partial charge < -0.3 is 17.3 Å². The van der Waals surface area contributed by atoms with E-state index in [2.05, 4.69) is 68.7 Å². The van der Waals surface area contributed by atoms with Crippen LogP contribution in [-0.4, -0.2) is 7.25 Å². The standard InChI is InChI=1S/C26H40N.BF4/c1-5-6-7-8-9-10-11-12-13-14-15-25-16-18-26(19-17-25)27-23(3)20-22(2)21-24(27)4;2-1(3,4)5/h16-21H,5-15H2,1-4H3;/q+1;-1. The molecule has 0 saturated heterocycles. The van der Waals surface area contributed by atoms with Gasteiger partial charge in [-0.2, -0.15) is 4.57 Å². The van der Waals surface area contributed by atoms with Crippen molar-refractivity contribution in [3.8, 4) is 5.69 Å². The minimum atomic E-state index is -6.00. The van der Waals surface area contributed by atoms with Crippen LogP contribution >= 0.6 is 0 Å². The fourth-order valence-electron chi connectivity index (χ4n) is 4.14. The molecule has 32 heavy (non-hydrogen) atoms. The van der Waals surface area contributed by atoms with Crippen LogP contribution in [0.3, 0.4) is 0 Å². The van der Waals surface area contributed by atoms with Crippen molar-refractivity contribution < 1.29 is 21.8 Å². The lowest BCUT2D eigenvalue weighted by molar-refractivity contribution is -0.609. The van der Waals surface area contributed by atoms with E-state index in [1.54, 1.807) is 0 Å². The maximum Gasteiger partial charge on any atom is 0.673 e. The van der Waals surface area contributed by atoms with Gasteiger partial charge in [0.1, 0.15) is 0 Å². The maximum atomic E-state index is 9.75. The zero-order valence-corrected chi connectivity index (χ0v) is 20.3. The number of pyridine rings is 1. The van der Waals surface area contributed by atoms with Gasteiger partial charge in [0.25, 0.3) is 0 Å². The first-order chi connectivity index (χ1) is 15.1. The van der Waals surface area contributed by atoms with Gasteiger partial charge in [-0.15, -0.1) is 0 Å². The van der Waals surface area contributed by atoms with E-state index in [-0.39, 0.29) is 0 Å². The number of aromatic nitrogens is 1. The summed E-state index contributed by atoms with van der Waals surface area (Å²) in [7, 11) is -6.00. The lowest BCUT2D eigenvalue weighted by Crippen LogP contribution is -2.37. The Bertz CT molecular complexity index is 743. The Morgan fingerprint density at radius 2 is 1.06 bits per heavy atom. The van der Waals surface area contributed by atoms with E-state index in [1.807, 2.05) is 0 Å². The van der Waals surface area contributed by atoms with E-state index in [0.29, 0.717) is 0 Å². The van der Waals surface area contributed by atoms with Gasteiger partial charge in [-0.1, -0.05) is 76.8 Å². The normalized spacial score (nSPS) is 11.2. The van der Waals surface area contributed by atoms with Crippen LogP contribution in [0, 0.1) is 20.8 Å². The van der Waals surface area contributed by atoms with E-state index >= 15 is 0 Å². The number of halogens is 4. The molecule has 6 heteroatoms. The molecule has 2 aromatic rings. The second kappa shape index (κ2) is 15.1. The molecule has 0 aliphatic rings. The van der Waals surface area contributed by atoms with Crippen LogP contribution in [0.4, 0.5) is 17.3 Å². The molecule has 1 nitrogen and oxygen atoms in total. The van der Waals surface area contributed by atoms with Crippen molar-refractivity contribution in [2.45, 2.75) is 98.3 Å². The van der Waals surface area contributed by atoms with Gasteiger partial charge in [0, 0.05) is 38.1 Å². The summed E-state index contributed by atoms with van der Waals surface area (Å²) in [6.45, 7) is 8.84. The Morgan fingerprint density at radius 3 is 1.50 bits per heavy atom. The number of hydrogen-bond acceptors (Lipinski definition) is 0. The van der Waals surface area contributed by atoms with Crippen LogP contribution in [0.25, 0.3) is 5.69 Å². The molecule has 0 bridgehead atoms. The van der Waals surface area contributed by atoms with E-state index in [1.165, 1.54) is 98.8 Å². The monoisotopic (exact) mass is 453 g/mol. The van der Waals surface area contributed by atoms with E-state index in [0.717, 1.165) is 0 Å². The van der Waals surface area contributed by atoms with Crippen LogP contribution < -0.4 is 4.57 Å². The minimum absolute atomic E-state index is 1.22. The number of unbranched alkanes of at least 4 members (excludes halogenated alkanes) is 9. The Morgan fingerprint density at radius 1 is 0.656 bits per heavy atom. The summed E-state index contributed by atoms with van der Waals surface area (Å²) < 4.78 is 41.3. The average Bonchev–Trinajstić information content (AvgIpc) is 2.68. The van der Waals surface area contributed by atoms with Crippen molar-refractivity contribution >= 4 is 7.25 Å². The van der Waals surface area contributed by atoms with Crippen molar-refractivity contribution in [1.29, 1.82) is 0 Å².